The maximum absolute atomic E-state index is 12.6. The summed E-state index contributed by atoms with van der Waals surface area (Å²) in [5.41, 5.74) is 2.26. The zero-order chi connectivity index (χ0) is 20.5. The Bertz CT molecular complexity index is 970. The van der Waals surface area contributed by atoms with E-state index in [0.717, 1.165) is 26.4 Å². The van der Waals surface area contributed by atoms with Gasteiger partial charge in [-0.05, 0) is 52.6 Å². The zero-order valence-corrected chi connectivity index (χ0v) is 18.4. The van der Waals surface area contributed by atoms with Crippen molar-refractivity contribution in [2.24, 2.45) is 0 Å². The summed E-state index contributed by atoms with van der Waals surface area (Å²) in [6.07, 6.45) is 4.08. The second-order valence-electron chi connectivity index (χ2n) is 5.88. The van der Waals surface area contributed by atoms with Crippen LogP contribution in [0.4, 0.5) is 0 Å². The van der Waals surface area contributed by atoms with E-state index in [2.05, 4.69) is 26.0 Å². The Balaban J connectivity index is 0.000000878. The number of fused-ring (bicyclic) bond motifs is 1. The second-order valence-corrected chi connectivity index (χ2v) is 7.62. The second kappa shape index (κ2) is 10.9. The monoisotopic (exact) mass is 459 g/mol. The SMILES string of the molecule is COC(=O)CNC(=O)c1ccc(Br)cc1-c1cccc2ccccc12.CSC. The molecule has 0 aromatic heterocycles. The fraction of sp³-hybridized carbons (Fsp3) is 0.182. The standard InChI is InChI=1S/C20H16BrNO3.C2H6S/c1-25-19(23)12-22-20(24)17-10-9-14(21)11-18(17)16-8-4-6-13-5-2-3-7-15(13)16;1-3-2/h2-11H,12H2,1H3,(H,22,24);1-2H3. The van der Waals surface area contributed by atoms with Crippen LogP contribution in [0.5, 0.6) is 0 Å². The van der Waals surface area contributed by atoms with Gasteiger partial charge in [-0.25, -0.2) is 0 Å². The number of amides is 1. The van der Waals surface area contributed by atoms with Crippen LogP contribution in [-0.2, 0) is 9.53 Å². The molecule has 0 aliphatic heterocycles. The molecule has 3 rings (SSSR count). The van der Waals surface area contributed by atoms with Crippen molar-refractivity contribution < 1.29 is 14.3 Å². The molecule has 3 aromatic carbocycles. The number of carbonyl (C=O) groups excluding carboxylic acids is 2. The lowest BCUT2D eigenvalue weighted by molar-refractivity contribution is -0.139. The third kappa shape index (κ3) is 5.59. The van der Waals surface area contributed by atoms with Crippen molar-refractivity contribution in [3.63, 3.8) is 0 Å². The van der Waals surface area contributed by atoms with Crippen LogP contribution < -0.4 is 5.32 Å². The van der Waals surface area contributed by atoms with Crippen molar-refractivity contribution >= 4 is 50.3 Å². The molecule has 3 aromatic rings. The number of halogens is 1. The lowest BCUT2D eigenvalue weighted by Gasteiger charge is -2.13. The van der Waals surface area contributed by atoms with Crippen LogP contribution in [0.1, 0.15) is 10.4 Å². The summed E-state index contributed by atoms with van der Waals surface area (Å²) in [6, 6.07) is 19.5. The number of thioether (sulfide) groups is 1. The van der Waals surface area contributed by atoms with Crippen molar-refractivity contribution in [1.29, 1.82) is 0 Å². The predicted octanol–water partition coefficient (Wildman–Crippen LogP) is 5.15. The molecule has 0 saturated heterocycles. The third-order valence-corrected chi connectivity index (χ3v) is 4.42. The number of carbonyl (C=O) groups is 2. The first-order valence-corrected chi connectivity index (χ1v) is 11.0. The summed E-state index contributed by atoms with van der Waals surface area (Å²) >= 11 is 5.22. The first kappa shape index (κ1) is 22.0. The number of benzene rings is 3. The molecule has 0 aliphatic rings. The van der Waals surface area contributed by atoms with Crippen LogP contribution in [0, 0.1) is 0 Å². The van der Waals surface area contributed by atoms with Gasteiger partial charge in [0.25, 0.3) is 5.91 Å². The minimum absolute atomic E-state index is 0.166. The van der Waals surface area contributed by atoms with E-state index in [9.17, 15) is 9.59 Å². The quantitative estimate of drug-likeness (QED) is 0.547. The summed E-state index contributed by atoms with van der Waals surface area (Å²) in [4.78, 5) is 23.9. The first-order valence-electron chi connectivity index (χ1n) is 8.54. The van der Waals surface area contributed by atoms with Gasteiger partial charge in [0.05, 0.1) is 7.11 Å². The maximum atomic E-state index is 12.6. The molecule has 146 valence electrons. The van der Waals surface area contributed by atoms with Crippen LogP contribution in [0.2, 0.25) is 0 Å². The molecular weight excluding hydrogens is 438 g/mol. The molecule has 6 heteroatoms. The first-order chi connectivity index (χ1) is 13.5. The molecular formula is C22H22BrNO3S. The number of nitrogens with one attached hydrogen (secondary N) is 1. The minimum atomic E-state index is -0.489. The van der Waals surface area contributed by atoms with Gasteiger partial charge < -0.3 is 10.1 Å². The number of ether oxygens (including phenoxy) is 1. The molecule has 28 heavy (non-hydrogen) atoms. The molecule has 0 spiro atoms. The molecule has 0 aliphatic carbocycles. The van der Waals surface area contributed by atoms with Crippen LogP contribution in [0.25, 0.3) is 21.9 Å². The molecule has 0 saturated carbocycles. The van der Waals surface area contributed by atoms with E-state index in [1.54, 1.807) is 17.8 Å². The average Bonchev–Trinajstić information content (AvgIpc) is 2.71. The number of rotatable bonds is 4. The summed E-state index contributed by atoms with van der Waals surface area (Å²) < 4.78 is 5.44. The molecule has 0 bridgehead atoms. The van der Waals surface area contributed by atoms with Crippen molar-refractivity contribution in [2.45, 2.75) is 0 Å². The van der Waals surface area contributed by atoms with Gasteiger partial charge in [0, 0.05) is 10.0 Å². The van der Waals surface area contributed by atoms with Gasteiger partial charge >= 0.3 is 5.97 Å². The van der Waals surface area contributed by atoms with Crippen LogP contribution in [-0.4, -0.2) is 38.0 Å². The fourth-order valence-electron chi connectivity index (χ4n) is 2.72. The molecule has 1 N–H and O–H groups in total. The van der Waals surface area contributed by atoms with Gasteiger partial charge in [0.15, 0.2) is 0 Å². The zero-order valence-electron chi connectivity index (χ0n) is 16.0. The fourth-order valence-corrected chi connectivity index (χ4v) is 3.08. The third-order valence-electron chi connectivity index (χ3n) is 3.93. The van der Waals surface area contributed by atoms with Crippen molar-refractivity contribution in [3.8, 4) is 11.1 Å². The molecule has 4 nitrogen and oxygen atoms in total. The topological polar surface area (TPSA) is 55.4 Å². The molecule has 0 radical (unpaired) electrons. The highest BCUT2D eigenvalue weighted by atomic mass is 79.9. The molecule has 0 unspecified atom stereocenters. The highest BCUT2D eigenvalue weighted by Crippen LogP contribution is 2.33. The molecule has 0 fully saturated rings. The summed E-state index contributed by atoms with van der Waals surface area (Å²) in [7, 11) is 1.29. The Morgan fingerprint density at radius 3 is 2.39 bits per heavy atom. The van der Waals surface area contributed by atoms with E-state index in [4.69, 9.17) is 0 Å². The summed E-state index contributed by atoms with van der Waals surface area (Å²) in [5.74, 6) is -0.807. The van der Waals surface area contributed by atoms with Crippen LogP contribution in [0.3, 0.4) is 0 Å². The Kier molecular flexibility index (Phi) is 8.54. The van der Waals surface area contributed by atoms with Crippen LogP contribution >= 0.6 is 27.7 Å². The Morgan fingerprint density at radius 2 is 1.68 bits per heavy atom. The lowest BCUT2D eigenvalue weighted by atomic mass is 9.94. The van der Waals surface area contributed by atoms with E-state index in [1.165, 1.54) is 7.11 Å². The molecule has 0 atom stereocenters. The van der Waals surface area contributed by atoms with E-state index < -0.39 is 5.97 Å². The highest BCUT2D eigenvalue weighted by molar-refractivity contribution is 9.10. The van der Waals surface area contributed by atoms with Gasteiger partial charge in [0.1, 0.15) is 6.54 Å². The molecule has 1 amide bonds. The maximum Gasteiger partial charge on any atom is 0.325 e. The number of hydrogen-bond acceptors (Lipinski definition) is 4. The number of esters is 1. The summed E-state index contributed by atoms with van der Waals surface area (Å²) in [5, 5.41) is 4.76. The average molecular weight is 460 g/mol. The Labute approximate surface area is 177 Å². The van der Waals surface area contributed by atoms with Gasteiger partial charge in [-0.3, -0.25) is 9.59 Å². The largest absolute Gasteiger partial charge is 0.468 e. The normalized spacial score (nSPS) is 10.0. The number of hydrogen-bond donors (Lipinski definition) is 1. The van der Waals surface area contributed by atoms with Crippen molar-refractivity contribution in [3.05, 3.63) is 70.7 Å². The smallest absolute Gasteiger partial charge is 0.325 e. The minimum Gasteiger partial charge on any atom is -0.468 e. The predicted molar refractivity (Wildman–Crippen MR) is 121 cm³/mol. The van der Waals surface area contributed by atoms with Gasteiger partial charge in [-0.15, -0.1) is 0 Å². The van der Waals surface area contributed by atoms with Crippen molar-refractivity contribution in [2.75, 3.05) is 26.2 Å². The summed E-state index contributed by atoms with van der Waals surface area (Å²) in [6.45, 7) is -0.166. The van der Waals surface area contributed by atoms with Gasteiger partial charge in [0.2, 0.25) is 0 Å². The highest BCUT2D eigenvalue weighted by Gasteiger charge is 2.16. The van der Waals surface area contributed by atoms with E-state index in [1.807, 2.05) is 67.1 Å². The van der Waals surface area contributed by atoms with Gasteiger partial charge in [-0.2, -0.15) is 11.8 Å². The van der Waals surface area contributed by atoms with E-state index in [0.29, 0.717) is 5.56 Å². The van der Waals surface area contributed by atoms with E-state index >= 15 is 0 Å². The Hall–Kier alpha value is -2.31. The Morgan fingerprint density at radius 1 is 1.00 bits per heavy atom. The van der Waals surface area contributed by atoms with E-state index in [-0.39, 0.29) is 12.5 Å². The number of methoxy groups -OCH3 is 1. The van der Waals surface area contributed by atoms with Crippen LogP contribution in [0.15, 0.2) is 65.1 Å². The molecule has 0 heterocycles. The lowest BCUT2D eigenvalue weighted by Crippen LogP contribution is -2.30. The van der Waals surface area contributed by atoms with Gasteiger partial charge in [-0.1, -0.05) is 58.4 Å². The van der Waals surface area contributed by atoms with Crippen molar-refractivity contribution in [1.82, 2.24) is 5.32 Å².